The van der Waals surface area contributed by atoms with Gasteiger partial charge in [0.1, 0.15) is 0 Å². The Morgan fingerprint density at radius 2 is 1.95 bits per heavy atom. The summed E-state index contributed by atoms with van der Waals surface area (Å²) >= 11 is 6.42. The largest absolute Gasteiger partial charge is 0.469 e. The molecule has 1 saturated carbocycles. The second kappa shape index (κ2) is 8.48. The van der Waals surface area contributed by atoms with Gasteiger partial charge in [-0.1, -0.05) is 0 Å². The Kier molecular flexibility index (Phi) is 6.93. The highest BCUT2D eigenvalue weighted by Crippen LogP contribution is 2.43. The number of hydrogen-bond donors (Lipinski definition) is 0. The summed E-state index contributed by atoms with van der Waals surface area (Å²) in [5.74, 6) is 0.711. The Morgan fingerprint density at radius 3 is 2.59 bits per heavy atom. The zero-order chi connectivity index (χ0) is 16.1. The molecule has 0 aromatic heterocycles. The van der Waals surface area contributed by atoms with Gasteiger partial charge in [0.15, 0.2) is 6.29 Å². The van der Waals surface area contributed by atoms with Gasteiger partial charge in [-0.15, -0.1) is 11.6 Å². The number of methoxy groups -OCH3 is 3. The first-order valence-electron chi connectivity index (χ1n) is 8.01. The van der Waals surface area contributed by atoms with E-state index in [1.807, 2.05) is 0 Å². The minimum absolute atomic E-state index is 0.0311. The van der Waals surface area contributed by atoms with E-state index in [9.17, 15) is 4.79 Å². The topological polar surface area (TPSA) is 54.0 Å². The van der Waals surface area contributed by atoms with E-state index in [0.29, 0.717) is 24.7 Å². The molecule has 0 bridgehead atoms. The molecular weight excluding hydrogens is 308 g/mol. The summed E-state index contributed by atoms with van der Waals surface area (Å²) in [7, 11) is 4.78. The number of alkyl halides is 1. The molecule has 2 aliphatic rings. The summed E-state index contributed by atoms with van der Waals surface area (Å²) in [6.07, 6.45) is 5.21. The second-order valence-corrected chi connectivity index (χ2v) is 6.81. The van der Waals surface area contributed by atoms with Crippen molar-refractivity contribution in [2.24, 2.45) is 11.8 Å². The SMILES string of the molecule is COC(=O)CCC(Cl)C1CC2CC(C(OC)OC)CCC2O1. The first-order valence-corrected chi connectivity index (χ1v) is 8.44. The van der Waals surface area contributed by atoms with Crippen molar-refractivity contribution in [2.75, 3.05) is 21.3 Å². The molecule has 6 heteroatoms. The quantitative estimate of drug-likeness (QED) is 0.407. The van der Waals surface area contributed by atoms with E-state index >= 15 is 0 Å². The molecule has 1 aliphatic carbocycles. The third-order valence-corrected chi connectivity index (χ3v) is 5.44. The molecule has 1 heterocycles. The van der Waals surface area contributed by atoms with Crippen molar-refractivity contribution in [1.29, 1.82) is 0 Å². The van der Waals surface area contributed by atoms with E-state index in [1.54, 1.807) is 14.2 Å². The smallest absolute Gasteiger partial charge is 0.305 e. The lowest BCUT2D eigenvalue weighted by Gasteiger charge is -2.34. The lowest BCUT2D eigenvalue weighted by molar-refractivity contribution is -0.152. The van der Waals surface area contributed by atoms with Crippen LogP contribution in [0.5, 0.6) is 0 Å². The number of carbonyl (C=O) groups is 1. The van der Waals surface area contributed by atoms with E-state index in [4.69, 9.17) is 25.8 Å². The summed E-state index contributed by atoms with van der Waals surface area (Å²) < 4.78 is 21.6. The molecule has 22 heavy (non-hydrogen) atoms. The van der Waals surface area contributed by atoms with E-state index < -0.39 is 0 Å². The Balaban J connectivity index is 1.82. The van der Waals surface area contributed by atoms with E-state index in [-0.39, 0.29) is 29.8 Å². The molecule has 1 aliphatic heterocycles. The second-order valence-electron chi connectivity index (χ2n) is 6.25. The fraction of sp³-hybridized carbons (Fsp3) is 0.938. The average molecular weight is 335 g/mol. The van der Waals surface area contributed by atoms with Crippen LogP contribution in [-0.2, 0) is 23.7 Å². The first-order chi connectivity index (χ1) is 10.6. The van der Waals surface area contributed by atoms with Crippen LogP contribution < -0.4 is 0 Å². The van der Waals surface area contributed by atoms with Crippen molar-refractivity contribution >= 4 is 17.6 Å². The van der Waals surface area contributed by atoms with Gasteiger partial charge in [0.2, 0.25) is 0 Å². The number of fused-ring (bicyclic) bond motifs is 1. The number of carbonyl (C=O) groups excluding carboxylic acids is 1. The van der Waals surface area contributed by atoms with Crippen molar-refractivity contribution in [3.63, 3.8) is 0 Å². The van der Waals surface area contributed by atoms with Gasteiger partial charge in [0.25, 0.3) is 0 Å². The maximum Gasteiger partial charge on any atom is 0.305 e. The minimum Gasteiger partial charge on any atom is -0.469 e. The van der Waals surface area contributed by atoms with Gasteiger partial charge in [0.05, 0.1) is 24.7 Å². The van der Waals surface area contributed by atoms with Crippen molar-refractivity contribution in [3.05, 3.63) is 0 Å². The first kappa shape index (κ1) is 18.0. The molecule has 0 N–H and O–H groups in total. The predicted octanol–water partition coefficient (Wildman–Crippen LogP) is 2.74. The van der Waals surface area contributed by atoms with Crippen LogP contribution >= 0.6 is 11.6 Å². The zero-order valence-electron chi connectivity index (χ0n) is 13.6. The van der Waals surface area contributed by atoms with Gasteiger partial charge in [-0.05, 0) is 38.0 Å². The van der Waals surface area contributed by atoms with Crippen molar-refractivity contribution in [2.45, 2.75) is 62.4 Å². The Bertz CT molecular complexity index is 360. The molecule has 0 radical (unpaired) electrons. The van der Waals surface area contributed by atoms with Gasteiger partial charge in [-0.25, -0.2) is 0 Å². The molecule has 5 atom stereocenters. The van der Waals surface area contributed by atoms with Gasteiger partial charge >= 0.3 is 5.97 Å². The normalized spacial score (nSPS) is 32.8. The summed E-state index contributed by atoms with van der Waals surface area (Å²) in [5.41, 5.74) is 0. The molecular formula is C16H27ClO5. The van der Waals surface area contributed by atoms with Crippen LogP contribution in [-0.4, -0.2) is 51.2 Å². The number of ether oxygens (including phenoxy) is 4. The Labute approximate surface area is 137 Å². The summed E-state index contributed by atoms with van der Waals surface area (Å²) in [4.78, 5) is 11.2. The molecule has 0 aromatic rings. The van der Waals surface area contributed by atoms with E-state index in [0.717, 1.165) is 25.7 Å². The summed E-state index contributed by atoms with van der Waals surface area (Å²) in [5, 5.41) is -0.135. The molecule has 0 aromatic carbocycles. The fourth-order valence-electron chi connectivity index (χ4n) is 3.78. The molecule has 1 saturated heterocycles. The minimum atomic E-state index is -0.218. The molecule has 2 fully saturated rings. The molecule has 128 valence electrons. The predicted molar refractivity (Wildman–Crippen MR) is 82.8 cm³/mol. The molecule has 0 amide bonds. The van der Waals surface area contributed by atoms with Gasteiger partial charge in [-0.3, -0.25) is 4.79 Å². The lowest BCUT2D eigenvalue weighted by atomic mass is 9.78. The maximum absolute atomic E-state index is 11.2. The average Bonchev–Trinajstić information content (AvgIpc) is 2.96. The number of hydrogen-bond acceptors (Lipinski definition) is 5. The monoisotopic (exact) mass is 334 g/mol. The maximum atomic E-state index is 11.2. The number of halogens is 1. The van der Waals surface area contributed by atoms with Gasteiger partial charge in [0, 0.05) is 26.6 Å². The fourth-order valence-corrected chi connectivity index (χ4v) is 4.05. The highest BCUT2D eigenvalue weighted by atomic mass is 35.5. The number of rotatable bonds is 7. The highest BCUT2D eigenvalue weighted by molar-refractivity contribution is 6.21. The van der Waals surface area contributed by atoms with E-state index in [1.165, 1.54) is 7.11 Å². The lowest BCUT2D eigenvalue weighted by Crippen LogP contribution is -2.34. The molecule has 0 spiro atoms. The van der Waals surface area contributed by atoms with Crippen LogP contribution in [0.3, 0.4) is 0 Å². The van der Waals surface area contributed by atoms with Crippen LogP contribution in [0.25, 0.3) is 0 Å². The van der Waals surface area contributed by atoms with Gasteiger partial charge in [-0.2, -0.15) is 0 Å². The summed E-state index contributed by atoms with van der Waals surface area (Å²) in [6, 6.07) is 0. The summed E-state index contributed by atoms with van der Waals surface area (Å²) in [6.45, 7) is 0. The zero-order valence-corrected chi connectivity index (χ0v) is 14.4. The standard InChI is InChI=1S/C16H27ClO5/c1-19-15(18)7-5-12(17)14-9-11-8-10(16(20-2)21-3)4-6-13(11)22-14/h10-14,16H,4-9H2,1-3H3. The Morgan fingerprint density at radius 1 is 1.23 bits per heavy atom. The van der Waals surface area contributed by atoms with Gasteiger partial charge < -0.3 is 18.9 Å². The highest BCUT2D eigenvalue weighted by Gasteiger charge is 2.43. The van der Waals surface area contributed by atoms with Crippen LogP contribution in [0, 0.1) is 11.8 Å². The van der Waals surface area contributed by atoms with Crippen molar-refractivity contribution < 1.29 is 23.7 Å². The third-order valence-electron chi connectivity index (χ3n) is 4.94. The van der Waals surface area contributed by atoms with Crippen LogP contribution in [0.4, 0.5) is 0 Å². The van der Waals surface area contributed by atoms with E-state index in [2.05, 4.69) is 4.74 Å². The molecule has 5 unspecified atom stereocenters. The molecule has 5 nitrogen and oxygen atoms in total. The van der Waals surface area contributed by atoms with Crippen LogP contribution in [0.2, 0.25) is 0 Å². The Hall–Kier alpha value is -0.360. The van der Waals surface area contributed by atoms with Crippen molar-refractivity contribution in [1.82, 2.24) is 0 Å². The van der Waals surface area contributed by atoms with Crippen molar-refractivity contribution in [3.8, 4) is 0 Å². The third kappa shape index (κ3) is 4.34. The van der Waals surface area contributed by atoms with Crippen LogP contribution in [0.15, 0.2) is 0 Å². The van der Waals surface area contributed by atoms with Crippen LogP contribution in [0.1, 0.15) is 38.5 Å². The number of esters is 1. The molecule has 2 rings (SSSR count).